The van der Waals surface area contributed by atoms with Gasteiger partial charge < -0.3 is 10.6 Å². The highest BCUT2D eigenvalue weighted by Gasteiger charge is 2.13. The monoisotopic (exact) mass is 312 g/mol. The average molecular weight is 312 g/mol. The molecule has 2 aromatic rings. The molecule has 2 aromatic carbocycles. The van der Waals surface area contributed by atoms with Crippen molar-refractivity contribution in [3.63, 3.8) is 0 Å². The summed E-state index contributed by atoms with van der Waals surface area (Å²) >= 11 is 1.44. The van der Waals surface area contributed by atoms with Crippen LogP contribution in [0.15, 0.2) is 54.6 Å². The molecule has 0 aliphatic heterocycles. The van der Waals surface area contributed by atoms with Crippen LogP contribution in [0, 0.1) is 11.5 Å². The molecule has 22 heavy (non-hydrogen) atoms. The third kappa shape index (κ3) is 4.17. The fraction of sp³-hybridized carbons (Fsp3) is 0.125. The van der Waals surface area contributed by atoms with E-state index in [1.54, 1.807) is 12.1 Å². The molecule has 0 saturated heterocycles. The first-order valence-corrected chi connectivity index (χ1v) is 7.92. The fourth-order valence-corrected chi connectivity index (χ4v) is 2.30. The summed E-state index contributed by atoms with van der Waals surface area (Å²) in [4.78, 5) is 12.4. The summed E-state index contributed by atoms with van der Waals surface area (Å²) in [6.07, 6.45) is 3.76. The van der Waals surface area contributed by atoms with Gasteiger partial charge in [0.1, 0.15) is 0 Å². The lowest BCUT2D eigenvalue weighted by Gasteiger charge is -2.18. The van der Waals surface area contributed by atoms with Gasteiger partial charge in [0.05, 0.1) is 5.56 Å². The number of nitriles is 1. The Morgan fingerprint density at radius 2 is 1.82 bits per heavy atom. The van der Waals surface area contributed by atoms with E-state index < -0.39 is 0 Å². The molecule has 0 fully saturated rings. The van der Waals surface area contributed by atoms with Crippen molar-refractivity contribution in [3.8, 4) is 6.19 Å². The molecule has 1 amide bonds. The number of hydrogen-bond acceptors (Lipinski definition) is 5. The van der Waals surface area contributed by atoms with Gasteiger partial charge in [0, 0.05) is 11.4 Å². The summed E-state index contributed by atoms with van der Waals surface area (Å²) < 4.78 is 0. The van der Waals surface area contributed by atoms with Gasteiger partial charge in [-0.2, -0.15) is 5.26 Å². The molecule has 0 saturated carbocycles. The maximum atomic E-state index is 12.4. The van der Waals surface area contributed by atoms with E-state index in [2.05, 4.69) is 16.0 Å². The number of nitrogens with zero attached hydrogens (tertiary/aromatic N) is 1. The predicted molar refractivity (Wildman–Crippen MR) is 90.5 cm³/mol. The summed E-state index contributed by atoms with van der Waals surface area (Å²) in [5.41, 5.74) is 1.62. The van der Waals surface area contributed by atoms with Gasteiger partial charge in [0.15, 0.2) is 11.7 Å². The van der Waals surface area contributed by atoms with Crippen molar-refractivity contribution in [1.29, 1.82) is 5.26 Å². The Bertz CT molecular complexity index is 669. The number of carbonyl (C=O) groups is 1. The van der Waals surface area contributed by atoms with Gasteiger partial charge >= 0.3 is 0 Å². The van der Waals surface area contributed by atoms with Crippen molar-refractivity contribution in [2.24, 2.45) is 0 Å². The van der Waals surface area contributed by atoms with E-state index in [-0.39, 0.29) is 11.4 Å². The average Bonchev–Trinajstić information content (AvgIpc) is 2.55. The second-order valence-corrected chi connectivity index (χ2v) is 5.32. The molecule has 0 aliphatic rings. The zero-order chi connectivity index (χ0) is 15.8. The summed E-state index contributed by atoms with van der Waals surface area (Å²) in [6.45, 7) is 0. The van der Waals surface area contributed by atoms with Gasteiger partial charge in [-0.25, -0.2) is 0 Å². The van der Waals surface area contributed by atoms with Crippen LogP contribution in [-0.2, 0) is 0 Å². The van der Waals surface area contributed by atoms with Gasteiger partial charge in [-0.05, 0) is 30.5 Å². The Balaban J connectivity index is 2.17. The van der Waals surface area contributed by atoms with Crippen LogP contribution in [0.3, 0.4) is 0 Å². The Morgan fingerprint density at radius 3 is 2.50 bits per heavy atom. The van der Waals surface area contributed by atoms with Crippen molar-refractivity contribution in [1.82, 2.24) is 5.32 Å². The second-order valence-electron chi connectivity index (χ2n) is 4.38. The molecule has 6 heteroatoms. The molecule has 1 unspecified atom stereocenters. The standard InChI is InChI=1S/C16H16N4OS/c1-22-16(18-11-17)20-14-10-6-5-9-13(14)15(21)19-12-7-3-2-4-8-12/h2-10,16,18,20H,1H3,(H,19,21). The predicted octanol–water partition coefficient (Wildman–Crippen LogP) is 3.07. The maximum absolute atomic E-state index is 12.4. The van der Waals surface area contributed by atoms with Crippen molar-refractivity contribution < 1.29 is 4.79 Å². The summed E-state index contributed by atoms with van der Waals surface area (Å²) in [5.74, 6) is -0.203. The molecule has 0 radical (unpaired) electrons. The first-order chi connectivity index (χ1) is 10.7. The number of carbonyl (C=O) groups excluding carboxylic acids is 1. The van der Waals surface area contributed by atoms with E-state index in [9.17, 15) is 4.79 Å². The number of hydrogen-bond donors (Lipinski definition) is 3. The second kappa shape index (κ2) is 7.96. The molecule has 5 nitrogen and oxygen atoms in total. The highest BCUT2D eigenvalue weighted by atomic mass is 32.2. The minimum Gasteiger partial charge on any atom is -0.356 e. The Labute approximate surface area is 133 Å². The lowest BCUT2D eigenvalue weighted by Crippen LogP contribution is -2.30. The SMILES string of the molecule is CSC(NC#N)Nc1ccccc1C(=O)Nc1ccccc1. The van der Waals surface area contributed by atoms with Crippen LogP contribution in [0.1, 0.15) is 10.4 Å². The molecule has 0 spiro atoms. The van der Waals surface area contributed by atoms with Crippen molar-refractivity contribution >= 4 is 29.0 Å². The van der Waals surface area contributed by atoms with Gasteiger partial charge in [0.2, 0.25) is 0 Å². The van der Waals surface area contributed by atoms with E-state index in [1.807, 2.05) is 54.9 Å². The number of para-hydroxylation sites is 2. The normalized spacial score (nSPS) is 11.1. The van der Waals surface area contributed by atoms with Crippen molar-refractivity contribution in [2.45, 2.75) is 5.50 Å². The number of thioether (sulfide) groups is 1. The first kappa shape index (κ1) is 15.7. The molecule has 1 atom stereocenters. The molecule has 0 bridgehead atoms. The lowest BCUT2D eigenvalue weighted by molar-refractivity contribution is 0.102. The zero-order valence-electron chi connectivity index (χ0n) is 12.0. The number of anilines is 2. The van der Waals surface area contributed by atoms with Crippen LogP contribution >= 0.6 is 11.8 Å². The summed E-state index contributed by atoms with van der Waals surface area (Å²) in [5, 5.41) is 17.3. The van der Waals surface area contributed by atoms with Gasteiger partial charge in [-0.15, -0.1) is 11.8 Å². The topological polar surface area (TPSA) is 77.0 Å². The fourth-order valence-electron chi connectivity index (χ4n) is 1.88. The van der Waals surface area contributed by atoms with Gasteiger partial charge in [0.25, 0.3) is 5.91 Å². The van der Waals surface area contributed by atoms with Crippen LogP contribution in [0.2, 0.25) is 0 Å². The van der Waals surface area contributed by atoms with Crippen LogP contribution in [0.5, 0.6) is 0 Å². The van der Waals surface area contributed by atoms with Crippen molar-refractivity contribution in [3.05, 3.63) is 60.2 Å². The number of rotatable bonds is 6. The molecule has 2 rings (SSSR count). The Morgan fingerprint density at radius 1 is 1.14 bits per heavy atom. The molecular formula is C16H16N4OS. The third-order valence-corrected chi connectivity index (χ3v) is 3.63. The summed E-state index contributed by atoms with van der Waals surface area (Å²) in [7, 11) is 0. The Hall–Kier alpha value is -2.65. The highest BCUT2D eigenvalue weighted by Crippen LogP contribution is 2.19. The van der Waals surface area contributed by atoms with E-state index in [0.717, 1.165) is 5.69 Å². The van der Waals surface area contributed by atoms with Crippen molar-refractivity contribution in [2.75, 3.05) is 16.9 Å². The molecular weight excluding hydrogens is 296 g/mol. The minimum atomic E-state index is -0.296. The highest BCUT2D eigenvalue weighted by molar-refractivity contribution is 7.99. The van der Waals surface area contributed by atoms with Gasteiger partial charge in [-0.3, -0.25) is 10.1 Å². The Kier molecular flexibility index (Phi) is 5.69. The lowest BCUT2D eigenvalue weighted by atomic mass is 10.1. The third-order valence-electron chi connectivity index (χ3n) is 2.92. The van der Waals surface area contributed by atoms with E-state index in [1.165, 1.54) is 11.8 Å². The summed E-state index contributed by atoms with van der Waals surface area (Å²) in [6, 6.07) is 16.5. The van der Waals surface area contributed by atoms with Gasteiger partial charge in [-0.1, -0.05) is 30.3 Å². The number of amides is 1. The van der Waals surface area contributed by atoms with Crippen LogP contribution < -0.4 is 16.0 Å². The smallest absolute Gasteiger partial charge is 0.257 e. The maximum Gasteiger partial charge on any atom is 0.257 e. The van der Waals surface area contributed by atoms with E-state index >= 15 is 0 Å². The van der Waals surface area contributed by atoms with Crippen LogP contribution in [0.25, 0.3) is 0 Å². The zero-order valence-corrected chi connectivity index (χ0v) is 12.9. The molecule has 112 valence electrons. The molecule has 3 N–H and O–H groups in total. The molecule has 0 heterocycles. The number of nitrogens with one attached hydrogen (secondary N) is 3. The largest absolute Gasteiger partial charge is 0.356 e. The molecule has 0 aromatic heterocycles. The number of benzene rings is 2. The minimum absolute atomic E-state index is 0.203. The van der Waals surface area contributed by atoms with E-state index in [4.69, 9.17) is 5.26 Å². The van der Waals surface area contributed by atoms with E-state index in [0.29, 0.717) is 11.3 Å². The van der Waals surface area contributed by atoms with Crippen LogP contribution in [-0.4, -0.2) is 17.7 Å². The van der Waals surface area contributed by atoms with Crippen LogP contribution in [0.4, 0.5) is 11.4 Å². The quantitative estimate of drug-likeness (QED) is 0.434. The first-order valence-electron chi connectivity index (χ1n) is 6.64. The molecule has 0 aliphatic carbocycles.